The summed E-state index contributed by atoms with van der Waals surface area (Å²) in [6.07, 6.45) is 2.75. The van der Waals surface area contributed by atoms with Crippen molar-refractivity contribution in [2.75, 3.05) is 13.2 Å². The maximum atomic E-state index is 13.1. The van der Waals surface area contributed by atoms with Crippen molar-refractivity contribution in [2.24, 2.45) is 0 Å². The Balaban J connectivity index is 2.04. The Hall–Kier alpha value is -1.49. The minimum absolute atomic E-state index is 0.0862. The van der Waals surface area contributed by atoms with Crippen LogP contribution in [0.3, 0.4) is 0 Å². The summed E-state index contributed by atoms with van der Waals surface area (Å²) in [7, 11) is 0. The molecule has 0 spiro atoms. The molecule has 1 fully saturated rings. The number of esters is 1. The highest BCUT2D eigenvalue weighted by molar-refractivity contribution is 5.89. The third-order valence-corrected chi connectivity index (χ3v) is 2.15. The number of hydrogen-bond donors (Lipinski definition) is 0. The Kier molecular flexibility index (Phi) is 2.91. The van der Waals surface area contributed by atoms with Gasteiger partial charge in [0.2, 0.25) is 0 Å². The number of pyridine rings is 1. The van der Waals surface area contributed by atoms with E-state index in [2.05, 4.69) is 4.98 Å². The van der Waals surface area contributed by atoms with E-state index in [0.717, 1.165) is 6.20 Å². The largest absolute Gasteiger partial charge is 0.456 e. The number of hydrogen-bond acceptors (Lipinski definition) is 4. The summed E-state index contributed by atoms with van der Waals surface area (Å²) in [5.74, 6) is -1.33. The molecule has 2 rings (SSSR count). The first kappa shape index (κ1) is 10.0. The van der Waals surface area contributed by atoms with Crippen molar-refractivity contribution in [3.05, 3.63) is 29.8 Å². The Labute approximate surface area is 86.0 Å². The van der Waals surface area contributed by atoms with Crippen LogP contribution >= 0.6 is 0 Å². The molecule has 0 N–H and O–H groups in total. The van der Waals surface area contributed by atoms with Gasteiger partial charge in [0.1, 0.15) is 6.10 Å². The van der Waals surface area contributed by atoms with Gasteiger partial charge < -0.3 is 9.47 Å². The molecule has 0 saturated carbocycles. The van der Waals surface area contributed by atoms with E-state index in [-0.39, 0.29) is 11.7 Å². The van der Waals surface area contributed by atoms with Gasteiger partial charge in [-0.3, -0.25) is 4.98 Å². The van der Waals surface area contributed by atoms with Crippen LogP contribution in [-0.4, -0.2) is 30.3 Å². The number of nitrogens with zero attached hydrogens (tertiary/aromatic N) is 1. The molecule has 0 aromatic carbocycles. The van der Waals surface area contributed by atoms with Crippen LogP contribution in [0.1, 0.15) is 16.8 Å². The Bertz CT molecular complexity index is 363. The third-order valence-electron chi connectivity index (χ3n) is 2.15. The highest BCUT2D eigenvalue weighted by atomic mass is 19.1. The second kappa shape index (κ2) is 4.35. The van der Waals surface area contributed by atoms with E-state index in [1.165, 1.54) is 12.3 Å². The van der Waals surface area contributed by atoms with Crippen LogP contribution in [-0.2, 0) is 9.47 Å². The first-order valence-corrected chi connectivity index (χ1v) is 4.65. The summed E-state index contributed by atoms with van der Waals surface area (Å²) < 4.78 is 23.2. The molecule has 0 aliphatic carbocycles. The zero-order valence-corrected chi connectivity index (χ0v) is 7.98. The zero-order chi connectivity index (χ0) is 10.7. The second-order valence-corrected chi connectivity index (χ2v) is 3.25. The molecule has 80 valence electrons. The molecule has 1 aliphatic rings. The molecule has 0 radical (unpaired) electrons. The first-order chi connectivity index (χ1) is 7.27. The standard InChI is InChI=1S/C10H10FNO3/c11-9-5-12-3-1-8(9)10(13)15-7-2-4-14-6-7/h1,3,5,7H,2,4,6H2. The van der Waals surface area contributed by atoms with E-state index in [1.807, 2.05) is 0 Å². The lowest BCUT2D eigenvalue weighted by atomic mass is 10.2. The van der Waals surface area contributed by atoms with Crippen molar-refractivity contribution in [1.82, 2.24) is 4.98 Å². The summed E-state index contributed by atoms with van der Waals surface area (Å²) >= 11 is 0. The van der Waals surface area contributed by atoms with Crippen LogP contribution in [0.15, 0.2) is 18.5 Å². The van der Waals surface area contributed by atoms with Gasteiger partial charge in [-0.25, -0.2) is 9.18 Å². The van der Waals surface area contributed by atoms with Gasteiger partial charge in [0, 0.05) is 12.6 Å². The van der Waals surface area contributed by atoms with Gasteiger partial charge in [0.15, 0.2) is 5.82 Å². The van der Waals surface area contributed by atoms with Gasteiger partial charge in [0.25, 0.3) is 0 Å². The second-order valence-electron chi connectivity index (χ2n) is 3.25. The van der Waals surface area contributed by atoms with Crippen LogP contribution in [0.4, 0.5) is 4.39 Å². The van der Waals surface area contributed by atoms with Crippen LogP contribution in [0.5, 0.6) is 0 Å². The molecule has 4 nitrogen and oxygen atoms in total. The van der Waals surface area contributed by atoms with Crippen LogP contribution in [0.25, 0.3) is 0 Å². The van der Waals surface area contributed by atoms with Crippen molar-refractivity contribution in [3.8, 4) is 0 Å². The Morgan fingerprint density at radius 1 is 1.67 bits per heavy atom. The highest BCUT2D eigenvalue weighted by Crippen LogP contribution is 2.13. The lowest BCUT2D eigenvalue weighted by Crippen LogP contribution is -2.19. The molecule has 0 amide bonds. The third kappa shape index (κ3) is 2.30. The minimum atomic E-state index is -0.665. The lowest BCUT2D eigenvalue weighted by Gasteiger charge is -2.09. The SMILES string of the molecule is O=C(OC1CCOC1)c1ccncc1F. The number of ether oxygens (including phenoxy) is 2. The van der Waals surface area contributed by atoms with Crippen molar-refractivity contribution < 1.29 is 18.7 Å². The van der Waals surface area contributed by atoms with Gasteiger partial charge in [-0.2, -0.15) is 0 Å². The monoisotopic (exact) mass is 211 g/mol. The molecular weight excluding hydrogens is 201 g/mol. The summed E-state index contributed by atoms with van der Waals surface area (Å²) in [6, 6.07) is 1.30. The van der Waals surface area contributed by atoms with Crippen LogP contribution < -0.4 is 0 Å². The van der Waals surface area contributed by atoms with Gasteiger partial charge in [-0.05, 0) is 6.07 Å². The molecule has 1 aliphatic heterocycles. The van der Waals surface area contributed by atoms with Gasteiger partial charge in [-0.15, -0.1) is 0 Å². The maximum absolute atomic E-state index is 13.1. The Morgan fingerprint density at radius 3 is 3.20 bits per heavy atom. The Morgan fingerprint density at radius 2 is 2.53 bits per heavy atom. The van der Waals surface area contributed by atoms with E-state index in [4.69, 9.17) is 9.47 Å². The molecule has 1 aromatic rings. The topological polar surface area (TPSA) is 48.4 Å². The average Bonchev–Trinajstić information content (AvgIpc) is 2.71. The van der Waals surface area contributed by atoms with Crippen molar-refractivity contribution >= 4 is 5.97 Å². The molecule has 1 saturated heterocycles. The van der Waals surface area contributed by atoms with E-state index < -0.39 is 11.8 Å². The van der Waals surface area contributed by atoms with Crippen molar-refractivity contribution in [1.29, 1.82) is 0 Å². The summed E-state index contributed by atoms with van der Waals surface area (Å²) in [5, 5.41) is 0. The fourth-order valence-corrected chi connectivity index (χ4v) is 1.36. The molecular formula is C10H10FNO3. The maximum Gasteiger partial charge on any atom is 0.341 e. The number of halogens is 1. The van der Waals surface area contributed by atoms with E-state index in [0.29, 0.717) is 19.6 Å². The normalized spacial score (nSPS) is 20.2. The molecule has 15 heavy (non-hydrogen) atoms. The average molecular weight is 211 g/mol. The molecule has 1 atom stereocenters. The summed E-state index contributed by atoms with van der Waals surface area (Å²) in [5.41, 5.74) is -0.0862. The minimum Gasteiger partial charge on any atom is -0.456 e. The van der Waals surface area contributed by atoms with Crippen molar-refractivity contribution in [2.45, 2.75) is 12.5 Å². The quantitative estimate of drug-likeness (QED) is 0.689. The van der Waals surface area contributed by atoms with Crippen LogP contribution in [0, 0.1) is 5.82 Å². The smallest absolute Gasteiger partial charge is 0.341 e. The zero-order valence-electron chi connectivity index (χ0n) is 7.98. The molecule has 1 aromatic heterocycles. The fourth-order valence-electron chi connectivity index (χ4n) is 1.36. The number of carbonyl (C=O) groups excluding carboxylic acids is 1. The number of carbonyl (C=O) groups is 1. The highest BCUT2D eigenvalue weighted by Gasteiger charge is 2.22. The van der Waals surface area contributed by atoms with E-state index >= 15 is 0 Å². The van der Waals surface area contributed by atoms with Crippen molar-refractivity contribution in [3.63, 3.8) is 0 Å². The van der Waals surface area contributed by atoms with E-state index in [9.17, 15) is 9.18 Å². The molecule has 2 heterocycles. The predicted octanol–water partition coefficient (Wildman–Crippen LogP) is 1.17. The van der Waals surface area contributed by atoms with Crippen LogP contribution in [0.2, 0.25) is 0 Å². The van der Waals surface area contributed by atoms with Gasteiger partial charge in [-0.1, -0.05) is 0 Å². The lowest BCUT2D eigenvalue weighted by molar-refractivity contribution is 0.0265. The molecule has 1 unspecified atom stereocenters. The molecule has 0 bridgehead atoms. The summed E-state index contributed by atoms with van der Waals surface area (Å²) in [6.45, 7) is 0.967. The number of rotatable bonds is 2. The first-order valence-electron chi connectivity index (χ1n) is 4.65. The fraction of sp³-hybridized carbons (Fsp3) is 0.400. The van der Waals surface area contributed by atoms with Gasteiger partial charge >= 0.3 is 5.97 Å². The molecule has 5 heteroatoms. The predicted molar refractivity (Wildman–Crippen MR) is 48.8 cm³/mol. The number of aromatic nitrogens is 1. The summed E-state index contributed by atoms with van der Waals surface area (Å²) in [4.78, 5) is 15.0. The van der Waals surface area contributed by atoms with E-state index in [1.54, 1.807) is 0 Å². The van der Waals surface area contributed by atoms with Gasteiger partial charge in [0.05, 0.1) is 25.0 Å².